The van der Waals surface area contributed by atoms with Gasteiger partial charge in [-0.2, -0.15) is 18.2 Å². The first kappa shape index (κ1) is 30.5. The number of aromatic nitrogens is 5. The zero-order chi connectivity index (χ0) is 53.8. The van der Waals surface area contributed by atoms with Crippen molar-refractivity contribution in [2.75, 3.05) is 0 Å². The van der Waals surface area contributed by atoms with Gasteiger partial charge in [0.15, 0.2) is 0 Å². The third-order valence-corrected chi connectivity index (χ3v) is 10.4. The van der Waals surface area contributed by atoms with Gasteiger partial charge in [-0.1, -0.05) is 174 Å². The Morgan fingerprint density at radius 1 is 0.703 bits per heavy atom. The van der Waals surface area contributed by atoms with Crippen molar-refractivity contribution in [2.24, 2.45) is 10.8 Å². The number of hydrogen-bond acceptors (Lipinski definition) is 3. The normalized spacial score (nSPS) is 14.8. The van der Waals surface area contributed by atoms with E-state index in [1.165, 1.54) is 0 Å². The average Bonchev–Trinajstić information content (AvgIpc) is 3.97. The largest absolute Gasteiger partial charge is 0.484 e. The van der Waals surface area contributed by atoms with Gasteiger partial charge in [-0.25, -0.2) is 4.98 Å². The summed E-state index contributed by atoms with van der Waals surface area (Å²) in [7, 11) is 0. The molecule has 320 valence electrons. The maximum absolute atomic E-state index is 9.08. The van der Waals surface area contributed by atoms with E-state index in [4.69, 9.17) is 31.2 Å². The Balaban J connectivity index is 0.00000706. The molecule has 0 atom stereocenters. The van der Waals surface area contributed by atoms with E-state index >= 15 is 0 Å². The fourth-order valence-corrected chi connectivity index (χ4v) is 7.99. The minimum atomic E-state index is -1.68. The van der Waals surface area contributed by atoms with Crippen LogP contribution in [0.5, 0.6) is 11.6 Å². The molecule has 10 rings (SSSR count). The molecule has 0 aliphatic rings. The number of nitrogens with zero attached hydrogens (tertiary/aromatic N) is 5. The molecular weight excluding hydrogens is 966 g/mol. The topological polar surface area (TPSA) is 48.8 Å². The summed E-state index contributed by atoms with van der Waals surface area (Å²) in [6, 6.07) is 30.3. The molecule has 4 aromatic heterocycles. The molecule has 6 aromatic carbocycles. The first-order valence-corrected chi connectivity index (χ1v) is 20.6. The molecule has 0 unspecified atom stereocenters. The smallest absolute Gasteiger partial charge is 0.267 e. The monoisotopic (exact) mass is 1030 g/mol. The molecule has 0 spiro atoms. The van der Waals surface area contributed by atoms with E-state index in [-0.39, 0.29) is 60.3 Å². The molecule has 64 heavy (non-hydrogen) atoms. The number of pyridine rings is 2. The predicted octanol–water partition coefficient (Wildman–Crippen LogP) is 13.5. The van der Waals surface area contributed by atoms with Crippen LogP contribution in [0.15, 0.2) is 164 Å². The van der Waals surface area contributed by atoms with Gasteiger partial charge in [0.2, 0.25) is 0 Å². The van der Waals surface area contributed by atoms with Gasteiger partial charge < -0.3 is 13.9 Å². The minimum Gasteiger partial charge on any atom is -0.484 e. The van der Waals surface area contributed by atoms with E-state index in [2.05, 4.69) is 39.2 Å². The first-order valence-electron chi connectivity index (χ1n) is 26.6. The second kappa shape index (κ2) is 17.2. The molecule has 0 amide bonds. The van der Waals surface area contributed by atoms with Crippen LogP contribution in [0.4, 0.5) is 0 Å². The van der Waals surface area contributed by atoms with Gasteiger partial charge in [-0.3, -0.25) is 9.55 Å². The maximum Gasteiger partial charge on any atom is 0.267 e. The van der Waals surface area contributed by atoms with E-state index in [1.54, 1.807) is 63.9 Å². The van der Waals surface area contributed by atoms with Crippen molar-refractivity contribution in [1.82, 2.24) is 19.1 Å². The number of fused-ring (bicyclic) bond motifs is 4. The number of para-hydroxylation sites is 4. The van der Waals surface area contributed by atoms with Crippen molar-refractivity contribution >= 4 is 32.8 Å². The summed E-state index contributed by atoms with van der Waals surface area (Å²) in [5, 5.41) is 1.81. The second-order valence-corrected chi connectivity index (χ2v) is 17.6. The summed E-state index contributed by atoms with van der Waals surface area (Å²) in [4.78, 5) is 9.70. The summed E-state index contributed by atoms with van der Waals surface area (Å²) >= 11 is 0. The Morgan fingerprint density at radius 3 is 2.06 bits per heavy atom. The maximum atomic E-state index is 9.08. The van der Waals surface area contributed by atoms with Gasteiger partial charge in [0, 0.05) is 41.3 Å². The molecule has 0 radical (unpaired) electrons. The van der Waals surface area contributed by atoms with Crippen LogP contribution in [0.25, 0.3) is 72.3 Å². The van der Waals surface area contributed by atoms with E-state index in [9.17, 15) is 0 Å². The molecule has 6 nitrogen and oxygen atoms in total. The van der Waals surface area contributed by atoms with Crippen LogP contribution in [0.1, 0.15) is 69.2 Å². The summed E-state index contributed by atoms with van der Waals surface area (Å²) in [6.45, 7) is 11.9. The summed E-state index contributed by atoms with van der Waals surface area (Å²) < 4.78 is 118. The quantitative estimate of drug-likeness (QED) is 0.107. The fourth-order valence-electron chi connectivity index (χ4n) is 7.99. The molecule has 4 heterocycles. The van der Waals surface area contributed by atoms with Gasteiger partial charge >= 0.3 is 0 Å². The zero-order valence-corrected chi connectivity index (χ0v) is 38.3. The van der Waals surface area contributed by atoms with E-state index in [0.717, 1.165) is 16.3 Å². The van der Waals surface area contributed by atoms with E-state index < -0.39 is 72.2 Å². The fraction of sp³-hybridized carbons (Fsp3) is 0.175. The minimum absolute atomic E-state index is 0. The SMILES string of the molecule is [2H]c1c([2H])c([2H])c(-c2cccc(-c3c([2H])c([2H])c([2H])c([2H])c3[2H])c2-[n+]2[c-]n(-c3[c-]c(Oc4[c-]c5c(cc4)c4ccccc4n5-c4cc(C([2H])([2H])C(C)(C)C)ccn4)nc(CC(C)(C)C)c3)c3ccccc32)c([2H])c1[2H].[Pt]. The standard InChI is InChI=1S/C57H49N5O.Pt/c1-56(2,3)36-39-30-31-58-53(32-39)62-49-25-14-13-22-47(49)48-29-28-44(35-52(48)62)63-54-34-43(33-42(59-54)37-57(4,5)6)60-38-61(51-27-16-15-26-50(51)60)55-45(40-18-9-7-10-19-40)23-17-24-46(55)41-20-11-8-12-21-41;/h7-33H,36-37H2,1-6H3;/q-2;/i7D,8D,9D,10D,11D,12D,18D,19D,20D,21D,36D2;. The van der Waals surface area contributed by atoms with Crippen LogP contribution in [0.3, 0.4) is 0 Å². The molecule has 0 saturated carbocycles. The van der Waals surface area contributed by atoms with Crippen LogP contribution >= 0.6 is 0 Å². The van der Waals surface area contributed by atoms with Crippen LogP contribution in [0, 0.1) is 29.3 Å². The van der Waals surface area contributed by atoms with Crippen molar-refractivity contribution in [1.29, 1.82) is 0 Å². The number of imidazole rings is 1. The van der Waals surface area contributed by atoms with Crippen LogP contribution in [-0.4, -0.2) is 19.1 Å². The van der Waals surface area contributed by atoms with Crippen molar-refractivity contribution in [3.63, 3.8) is 0 Å². The molecule has 0 N–H and O–H groups in total. The number of rotatable bonds is 9. The Bertz CT molecular complexity index is 3840. The zero-order valence-electron chi connectivity index (χ0n) is 48.0. The Morgan fingerprint density at radius 2 is 1.38 bits per heavy atom. The second-order valence-electron chi connectivity index (χ2n) is 17.6. The number of ether oxygens (including phenoxy) is 1. The molecule has 0 fully saturated rings. The van der Waals surface area contributed by atoms with Crippen molar-refractivity contribution < 1.29 is 46.8 Å². The van der Waals surface area contributed by atoms with E-state index in [0.29, 0.717) is 51.5 Å². The van der Waals surface area contributed by atoms with Crippen LogP contribution < -0.4 is 9.30 Å². The van der Waals surface area contributed by atoms with Gasteiger partial charge in [0.05, 0.1) is 30.4 Å². The Labute approximate surface area is 407 Å². The van der Waals surface area contributed by atoms with Gasteiger partial charge in [-0.05, 0) is 80.7 Å². The Kier molecular flexibility index (Phi) is 8.17. The van der Waals surface area contributed by atoms with Crippen molar-refractivity contribution in [3.8, 4) is 51.1 Å². The van der Waals surface area contributed by atoms with E-state index in [1.807, 2.05) is 73.9 Å². The van der Waals surface area contributed by atoms with Crippen LogP contribution in [-0.2, 0) is 33.9 Å². The summed E-state index contributed by atoms with van der Waals surface area (Å²) in [5.74, 6) is 0.911. The summed E-state index contributed by atoms with van der Waals surface area (Å²) in [5.41, 5.74) is 3.21. The van der Waals surface area contributed by atoms with Gasteiger partial charge in [-0.15, -0.1) is 17.5 Å². The van der Waals surface area contributed by atoms with Gasteiger partial charge in [0.25, 0.3) is 6.33 Å². The molecule has 0 aliphatic carbocycles. The number of benzene rings is 6. The molecule has 0 saturated heterocycles. The average molecular weight is 1030 g/mol. The summed E-state index contributed by atoms with van der Waals surface area (Å²) in [6.07, 6.45) is 3.88. The third kappa shape index (κ3) is 8.55. The molecule has 0 aliphatic heterocycles. The van der Waals surface area contributed by atoms with Crippen molar-refractivity contribution in [3.05, 3.63) is 193 Å². The molecule has 10 aromatic rings. The molecular formula is C57H49N5OPt-2. The van der Waals surface area contributed by atoms with Crippen molar-refractivity contribution in [2.45, 2.75) is 54.3 Å². The molecule has 7 heteroatoms. The number of hydrogen-bond donors (Lipinski definition) is 0. The predicted molar refractivity (Wildman–Crippen MR) is 255 cm³/mol. The van der Waals surface area contributed by atoms with Crippen LogP contribution in [0.2, 0.25) is 0 Å². The molecule has 0 bridgehead atoms. The van der Waals surface area contributed by atoms with Gasteiger partial charge in [0.1, 0.15) is 11.7 Å². The first-order chi connectivity index (χ1) is 35.4. The Hall–Kier alpha value is -6.62. The third-order valence-electron chi connectivity index (χ3n) is 10.4.